The van der Waals surface area contributed by atoms with Crippen molar-refractivity contribution in [3.63, 3.8) is 0 Å². The van der Waals surface area contributed by atoms with E-state index in [2.05, 4.69) is 73.8 Å². The zero-order valence-corrected chi connectivity index (χ0v) is 15.3. The molecule has 2 aromatic rings. The van der Waals surface area contributed by atoms with Gasteiger partial charge in [0, 0.05) is 12.1 Å². The molecule has 4 rings (SSSR count). The Kier molecular flexibility index (Phi) is 4.91. The van der Waals surface area contributed by atoms with Gasteiger partial charge in [-0.15, -0.1) is 0 Å². The summed E-state index contributed by atoms with van der Waals surface area (Å²) in [4.78, 5) is 0. The Hall–Kier alpha value is -1.64. The first-order chi connectivity index (χ1) is 12.2. The topological polar surface area (TPSA) is 21.3 Å². The second kappa shape index (κ2) is 7.31. The number of benzene rings is 2. The second-order valence-electron chi connectivity index (χ2n) is 7.98. The predicted octanol–water partition coefficient (Wildman–Crippen LogP) is 5.20. The van der Waals surface area contributed by atoms with Gasteiger partial charge in [-0.05, 0) is 48.3 Å². The number of rotatable bonds is 5. The van der Waals surface area contributed by atoms with Crippen LogP contribution in [0.3, 0.4) is 0 Å². The molecule has 2 bridgehead atoms. The fourth-order valence-corrected chi connectivity index (χ4v) is 4.34. The van der Waals surface area contributed by atoms with Crippen LogP contribution >= 0.6 is 0 Å². The summed E-state index contributed by atoms with van der Waals surface area (Å²) in [5.41, 5.74) is 3.91. The van der Waals surface area contributed by atoms with E-state index in [-0.39, 0.29) is 6.10 Å². The van der Waals surface area contributed by atoms with Crippen molar-refractivity contribution in [2.45, 2.75) is 69.7 Å². The molecule has 2 nitrogen and oxygen atoms in total. The number of piperidine rings is 1. The van der Waals surface area contributed by atoms with Crippen LogP contribution in [-0.2, 0) is 4.74 Å². The second-order valence-corrected chi connectivity index (χ2v) is 7.98. The zero-order chi connectivity index (χ0) is 17.2. The van der Waals surface area contributed by atoms with Gasteiger partial charge in [-0.2, -0.15) is 0 Å². The lowest BCUT2D eigenvalue weighted by Crippen LogP contribution is -2.41. The number of nitrogens with one attached hydrogen (secondary N) is 1. The van der Waals surface area contributed by atoms with Crippen LogP contribution < -0.4 is 5.32 Å². The van der Waals surface area contributed by atoms with Crippen molar-refractivity contribution in [2.24, 2.45) is 0 Å². The van der Waals surface area contributed by atoms with Gasteiger partial charge in [0.2, 0.25) is 0 Å². The van der Waals surface area contributed by atoms with Gasteiger partial charge < -0.3 is 10.1 Å². The van der Waals surface area contributed by atoms with Crippen molar-refractivity contribution in [1.82, 2.24) is 5.32 Å². The first-order valence-corrected chi connectivity index (χ1v) is 9.75. The number of fused-ring (bicyclic) bond motifs is 2. The first kappa shape index (κ1) is 16.8. The zero-order valence-electron chi connectivity index (χ0n) is 15.3. The van der Waals surface area contributed by atoms with E-state index in [0.29, 0.717) is 24.1 Å². The minimum absolute atomic E-state index is 0.0323. The molecule has 0 radical (unpaired) electrons. The summed E-state index contributed by atoms with van der Waals surface area (Å²) in [5, 5.41) is 3.71. The minimum atomic E-state index is 0.0323. The fourth-order valence-electron chi connectivity index (χ4n) is 4.34. The van der Waals surface area contributed by atoms with Crippen LogP contribution in [0.15, 0.2) is 54.6 Å². The Balaban J connectivity index is 1.58. The number of hydrogen-bond donors (Lipinski definition) is 1. The van der Waals surface area contributed by atoms with E-state index in [4.69, 9.17) is 4.74 Å². The molecular weight excluding hydrogens is 306 g/mol. The Labute approximate surface area is 151 Å². The maximum absolute atomic E-state index is 6.70. The Bertz CT molecular complexity index is 667. The third-order valence-corrected chi connectivity index (χ3v) is 5.77. The molecule has 25 heavy (non-hydrogen) atoms. The smallest absolute Gasteiger partial charge is 0.108 e. The van der Waals surface area contributed by atoms with Gasteiger partial charge in [0.05, 0.1) is 6.10 Å². The molecule has 0 aliphatic carbocycles. The van der Waals surface area contributed by atoms with Crippen LogP contribution in [-0.4, -0.2) is 18.2 Å². The van der Waals surface area contributed by atoms with Gasteiger partial charge in [0.15, 0.2) is 0 Å². The van der Waals surface area contributed by atoms with Crippen LogP contribution in [0, 0.1) is 0 Å². The highest BCUT2D eigenvalue weighted by Crippen LogP contribution is 2.35. The summed E-state index contributed by atoms with van der Waals surface area (Å²) in [5.74, 6) is 0.560. The largest absolute Gasteiger partial charge is 0.365 e. The monoisotopic (exact) mass is 335 g/mol. The fraction of sp³-hybridized carbons (Fsp3) is 0.478. The third-order valence-electron chi connectivity index (χ3n) is 5.77. The van der Waals surface area contributed by atoms with Crippen LogP contribution in [0.2, 0.25) is 0 Å². The molecular formula is C23H29NO. The van der Waals surface area contributed by atoms with Crippen LogP contribution in [0.25, 0.3) is 0 Å². The van der Waals surface area contributed by atoms with Crippen molar-refractivity contribution >= 4 is 0 Å². The summed E-state index contributed by atoms with van der Waals surface area (Å²) in [6.45, 7) is 4.48. The lowest BCUT2D eigenvalue weighted by molar-refractivity contribution is -0.0181. The Morgan fingerprint density at radius 3 is 1.96 bits per heavy atom. The molecule has 0 amide bonds. The van der Waals surface area contributed by atoms with Gasteiger partial charge in [0.1, 0.15) is 6.10 Å². The molecule has 2 aliphatic rings. The number of hydrogen-bond acceptors (Lipinski definition) is 2. The molecule has 2 aliphatic heterocycles. The van der Waals surface area contributed by atoms with Crippen molar-refractivity contribution in [2.75, 3.05) is 0 Å². The molecule has 4 atom stereocenters. The molecule has 2 saturated heterocycles. The SMILES string of the molecule is CC(C)c1ccc(C(OC2C[C@H]3CC[C@@H](C2)N3)c2ccccc2)cc1. The van der Waals surface area contributed by atoms with Crippen LogP contribution in [0.4, 0.5) is 0 Å². The summed E-state index contributed by atoms with van der Waals surface area (Å²) in [7, 11) is 0. The van der Waals surface area contributed by atoms with Crippen molar-refractivity contribution < 1.29 is 4.74 Å². The summed E-state index contributed by atoms with van der Waals surface area (Å²) >= 11 is 0. The molecule has 2 heteroatoms. The highest BCUT2D eigenvalue weighted by molar-refractivity contribution is 5.33. The van der Waals surface area contributed by atoms with Crippen LogP contribution in [0.5, 0.6) is 0 Å². The van der Waals surface area contributed by atoms with E-state index >= 15 is 0 Å². The molecule has 2 unspecified atom stereocenters. The molecule has 0 aromatic heterocycles. The lowest BCUT2D eigenvalue weighted by atomic mass is 9.96. The quantitative estimate of drug-likeness (QED) is 0.811. The summed E-state index contributed by atoms with van der Waals surface area (Å²) in [6.07, 6.45) is 5.29. The average molecular weight is 335 g/mol. The van der Waals surface area contributed by atoms with E-state index in [1.165, 1.54) is 29.5 Å². The minimum Gasteiger partial charge on any atom is -0.365 e. The van der Waals surface area contributed by atoms with E-state index in [9.17, 15) is 0 Å². The molecule has 2 heterocycles. The summed E-state index contributed by atoms with van der Waals surface area (Å²) in [6, 6.07) is 21.0. The number of ether oxygens (including phenoxy) is 1. The molecule has 2 fully saturated rings. The van der Waals surface area contributed by atoms with Gasteiger partial charge in [0.25, 0.3) is 0 Å². The standard InChI is InChI=1S/C23H29NO/c1-16(2)17-8-10-19(11-9-17)23(18-6-4-3-5-7-18)25-22-14-20-12-13-21(15-22)24-20/h3-11,16,20-24H,12-15H2,1-2H3/t20-,21+,22?,23?. The van der Waals surface area contributed by atoms with Crippen LogP contribution in [0.1, 0.15) is 68.2 Å². The predicted molar refractivity (Wildman–Crippen MR) is 103 cm³/mol. The van der Waals surface area contributed by atoms with Gasteiger partial charge in [-0.25, -0.2) is 0 Å². The van der Waals surface area contributed by atoms with E-state index in [1.54, 1.807) is 0 Å². The summed E-state index contributed by atoms with van der Waals surface area (Å²) < 4.78 is 6.70. The van der Waals surface area contributed by atoms with E-state index in [1.807, 2.05) is 0 Å². The maximum atomic E-state index is 6.70. The van der Waals surface area contributed by atoms with Crippen molar-refractivity contribution in [1.29, 1.82) is 0 Å². The van der Waals surface area contributed by atoms with E-state index < -0.39 is 0 Å². The highest BCUT2D eigenvalue weighted by atomic mass is 16.5. The normalized spacial score (nSPS) is 26.8. The molecule has 0 spiro atoms. The van der Waals surface area contributed by atoms with Gasteiger partial charge >= 0.3 is 0 Å². The lowest BCUT2D eigenvalue weighted by Gasteiger charge is -2.32. The Morgan fingerprint density at radius 2 is 1.36 bits per heavy atom. The average Bonchev–Trinajstić information content (AvgIpc) is 2.99. The first-order valence-electron chi connectivity index (χ1n) is 9.75. The highest BCUT2D eigenvalue weighted by Gasteiger charge is 2.35. The molecule has 132 valence electrons. The van der Waals surface area contributed by atoms with E-state index in [0.717, 1.165) is 12.8 Å². The Morgan fingerprint density at radius 1 is 0.800 bits per heavy atom. The molecule has 1 N–H and O–H groups in total. The molecule has 2 aromatic carbocycles. The molecule has 0 saturated carbocycles. The third kappa shape index (κ3) is 3.80. The van der Waals surface area contributed by atoms with Gasteiger partial charge in [-0.1, -0.05) is 68.4 Å². The van der Waals surface area contributed by atoms with Crippen molar-refractivity contribution in [3.05, 3.63) is 71.3 Å². The maximum Gasteiger partial charge on any atom is 0.108 e. The van der Waals surface area contributed by atoms with Gasteiger partial charge in [-0.3, -0.25) is 0 Å². The van der Waals surface area contributed by atoms with Crippen molar-refractivity contribution in [3.8, 4) is 0 Å².